The Morgan fingerprint density at radius 1 is 1.55 bits per heavy atom. The molecule has 0 saturated carbocycles. The Hall–Kier alpha value is -0.370. The number of allylic oxidation sites excluding steroid dienone is 3. The van der Waals surface area contributed by atoms with Crippen LogP contribution in [-0.4, -0.2) is 16.7 Å². The van der Waals surface area contributed by atoms with Crippen molar-refractivity contribution in [1.29, 1.82) is 0 Å². The second-order valence-electron chi connectivity index (χ2n) is 3.55. The topological polar surface area (TPSA) is 17.1 Å². The van der Waals surface area contributed by atoms with Crippen molar-refractivity contribution in [3.05, 3.63) is 23.1 Å². The molecule has 0 aromatic heterocycles. The standard InChI is InChI=1S/C9H16OS/c1-8-4-6-9(7-5-8)11(2,3)10/h4,6-8,11H,5H2,1-3H3. The summed E-state index contributed by atoms with van der Waals surface area (Å²) in [6.45, 7) is 2.17. The Kier molecular flexibility index (Phi) is 2.33. The maximum absolute atomic E-state index is 11.6. The highest BCUT2D eigenvalue weighted by atomic mass is 32.2. The first-order valence-electron chi connectivity index (χ1n) is 3.94. The van der Waals surface area contributed by atoms with Crippen LogP contribution >= 0.6 is 0 Å². The van der Waals surface area contributed by atoms with Crippen LogP contribution in [0.3, 0.4) is 0 Å². The van der Waals surface area contributed by atoms with Gasteiger partial charge in [0, 0.05) is 4.91 Å². The minimum Gasteiger partial charge on any atom is -0.281 e. The Morgan fingerprint density at radius 3 is 2.55 bits per heavy atom. The van der Waals surface area contributed by atoms with E-state index in [0.717, 1.165) is 11.3 Å². The summed E-state index contributed by atoms with van der Waals surface area (Å²) in [4.78, 5) is 1.04. The van der Waals surface area contributed by atoms with Gasteiger partial charge in [0.15, 0.2) is 0 Å². The van der Waals surface area contributed by atoms with E-state index >= 15 is 0 Å². The summed E-state index contributed by atoms with van der Waals surface area (Å²) in [7, 11) is -1.99. The van der Waals surface area contributed by atoms with Gasteiger partial charge < -0.3 is 0 Å². The fraction of sp³-hybridized carbons (Fsp3) is 0.556. The molecule has 1 aliphatic rings. The predicted octanol–water partition coefficient (Wildman–Crippen LogP) is 1.74. The van der Waals surface area contributed by atoms with Gasteiger partial charge in [-0.05, 0) is 24.9 Å². The van der Waals surface area contributed by atoms with Crippen molar-refractivity contribution in [2.45, 2.75) is 13.3 Å². The monoisotopic (exact) mass is 172 g/mol. The zero-order chi connectivity index (χ0) is 8.48. The van der Waals surface area contributed by atoms with Gasteiger partial charge in [0.1, 0.15) is 0 Å². The number of hydrogen-bond donors (Lipinski definition) is 1. The normalized spacial score (nSPS) is 26.5. The van der Waals surface area contributed by atoms with Crippen molar-refractivity contribution >= 4 is 9.93 Å². The van der Waals surface area contributed by atoms with E-state index in [1.54, 1.807) is 0 Å². The molecule has 11 heavy (non-hydrogen) atoms. The average Bonchev–Trinajstić information content (AvgIpc) is 1.86. The first-order valence-corrected chi connectivity index (χ1v) is 6.54. The molecule has 0 heterocycles. The third-order valence-electron chi connectivity index (χ3n) is 1.92. The van der Waals surface area contributed by atoms with E-state index < -0.39 is 9.93 Å². The zero-order valence-corrected chi connectivity index (χ0v) is 8.27. The Morgan fingerprint density at radius 2 is 2.18 bits per heavy atom. The SMILES string of the molecule is CC1C=CC([SH](C)(C)=O)=CC1. The lowest BCUT2D eigenvalue weighted by molar-refractivity contribution is 0.681. The van der Waals surface area contributed by atoms with E-state index in [1.807, 2.05) is 18.6 Å². The van der Waals surface area contributed by atoms with E-state index in [2.05, 4.69) is 19.1 Å². The molecule has 1 unspecified atom stereocenters. The predicted molar refractivity (Wildman–Crippen MR) is 52.4 cm³/mol. The maximum Gasteiger partial charge on any atom is 0.00988 e. The van der Waals surface area contributed by atoms with Gasteiger partial charge in [0.25, 0.3) is 0 Å². The molecule has 1 nitrogen and oxygen atoms in total. The van der Waals surface area contributed by atoms with Crippen LogP contribution in [0.15, 0.2) is 23.1 Å². The molecule has 64 valence electrons. The number of thiol groups is 1. The molecule has 0 saturated heterocycles. The Balaban J connectivity index is 2.80. The third kappa shape index (κ3) is 2.29. The minimum absolute atomic E-state index is 0.616. The van der Waals surface area contributed by atoms with Crippen LogP contribution in [0.2, 0.25) is 0 Å². The summed E-state index contributed by atoms with van der Waals surface area (Å²) in [5, 5.41) is 0. The van der Waals surface area contributed by atoms with Crippen molar-refractivity contribution < 1.29 is 4.21 Å². The van der Waals surface area contributed by atoms with Crippen molar-refractivity contribution in [3.63, 3.8) is 0 Å². The van der Waals surface area contributed by atoms with Gasteiger partial charge in [0.2, 0.25) is 0 Å². The van der Waals surface area contributed by atoms with Crippen LogP contribution in [0, 0.1) is 5.92 Å². The second kappa shape index (κ2) is 2.94. The highest BCUT2D eigenvalue weighted by Crippen LogP contribution is 2.21. The quantitative estimate of drug-likeness (QED) is 0.596. The van der Waals surface area contributed by atoms with Gasteiger partial charge in [-0.2, -0.15) is 0 Å². The summed E-state index contributed by atoms with van der Waals surface area (Å²) in [5.41, 5.74) is 0. The largest absolute Gasteiger partial charge is 0.281 e. The highest BCUT2D eigenvalue weighted by Gasteiger charge is 2.09. The summed E-state index contributed by atoms with van der Waals surface area (Å²) in [5.74, 6) is 0.616. The van der Waals surface area contributed by atoms with Gasteiger partial charge in [-0.15, -0.1) is 0 Å². The average molecular weight is 172 g/mol. The number of hydrogen-bond acceptors (Lipinski definition) is 1. The van der Waals surface area contributed by atoms with E-state index in [0.29, 0.717) is 5.92 Å². The summed E-state index contributed by atoms with van der Waals surface area (Å²) < 4.78 is 11.6. The fourth-order valence-corrected chi connectivity index (χ4v) is 2.11. The molecular formula is C9H16OS. The maximum atomic E-state index is 11.6. The Labute approximate surface area is 69.6 Å². The van der Waals surface area contributed by atoms with Crippen molar-refractivity contribution in [2.24, 2.45) is 5.92 Å². The van der Waals surface area contributed by atoms with Crippen molar-refractivity contribution in [3.8, 4) is 0 Å². The van der Waals surface area contributed by atoms with Crippen molar-refractivity contribution in [1.82, 2.24) is 0 Å². The molecule has 0 N–H and O–H groups in total. The van der Waals surface area contributed by atoms with Crippen LogP contribution in [-0.2, 0) is 9.93 Å². The molecule has 1 aliphatic carbocycles. The molecular weight excluding hydrogens is 156 g/mol. The first-order chi connectivity index (χ1) is 5.00. The summed E-state index contributed by atoms with van der Waals surface area (Å²) in [6.07, 6.45) is 10.9. The van der Waals surface area contributed by atoms with Gasteiger partial charge in [-0.25, -0.2) is 0 Å². The van der Waals surface area contributed by atoms with Crippen LogP contribution in [0.4, 0.5) is 0 Å². The summed E-state index contributed by atoms with van der Waals surface area (Å²) >= 11 is 0. The van der Waals surface area contributed by atoms with E-state index in [-0.39, 0.29) is 0 Å². The molecule has 0 spiro atoms. The van der Waals surface area contributed by atoms with Crippen LogP contribution in [0.1, 0.15) is 13.3 Å². The molecule has 0 aliphatic heterocycles. The van der Waals surface area contributed by atoms with E-state index in [9.17, 15) is 4.21 Å². The number of rotatable bonds is 1. The molecule has 0 bridgehead atoms. The highest BCUT2D eigenvalue weighted by molar-refractivity contribution is 8.05. The minimum atomic E-state index is -1.99. The van der Waals surface area contributed by atoms with E-state index in [1.165, 1.54) is 0 Å². The molecule has 0 amide bonds. The zero-order valence-electron chi connectivity index (χ0n) is 7.37. The molecule has 0 radical (unpaired) electrons. The molecule has 0 aromatic carbocycles. The first kappa shape index (κ1) is 8.72. The van der Waals surface area contributed by atoms with Crippen molar-refractivity contribution in [2.75, 3.05) is 12.5 Å². The summed E-state index contributed by atoms with van der Waals surface area (Å²) in [6, 6.07) is 0. The lowest BCUT2D eigenvalue weighted by Crippen LogP contribution is -2.10. The smallest absolute Gasteiger partial charge is 0.00988 e. The van der Waals surface area contributed by atoms with Gasteiger partial charge in [-0.3, -0.25) is 4.21 Å². The van der Waals surface area contributed by atoms with E-state index in [4.69, 9.17) is 0 Å². The second-order valence-corrected chi connectivity index (χ2v) is 6.77. The van der Waals surface area contributed by atoms with Gasteiger partial charge in [-0.1, -0.05) is 35.1 Å². The van der Waals surface area contributed by atoms with Gasteiger partial charge >= 0.3 is 0 Å². The fourth-order valence-electron chi connectivity index (χ4n) is 1.12. The van der Waals surface area contributed by atoms with Crippen LogP contribution in [0.25, 0.3) is 0 Å². The lowest BCUT2D eigenvalue weighted by Gasteiger charge is -2.18. The molecule has 0 fully saturated rings. The molecule has 0 aromatic rings. The lowest BCUT2D eigenvalue weighted by atomic mass is 10.0. The molecule has 1 rings (SSSR count). The molecule has 2 heteroatoms. The Bertz CT molecular complexity index is 244. The third-order valence-corrected chi connectivity index (χ3v) is 3.49. The van der Waals surface area contributed by atoms with Gasteiger partial charge in [0.05, 0.1) is 0 Å². The van der Waals surface area contributed by atoms with Crippen LogP contribution in [0.5, 0.6) is 0 Å². The molecule has 1 atom stereocenters. The van der Waals surface area contributed by atoms with Crippen LogP contribution < -0.4 is 0 Å².